The molecule has 3 aromatic carbocycles. The average Bonchev–Trinajstić information content (AvgIpc) is 2.90. The van der Waals surface area contributed by atoms with E-state index in [-0.39, 0.29) is 29.6 Å². The van der Waals surface area contributed by atoms with Crippen molar-refractivity contribution in [1.82, 2.24) is 10.2 Å². The Kier molecular flexibility index (Phi) is 8.82. The molecule has 0 bridgehead atoms. The van der Waals surface area contributed by atoms with Gasteiger partial charge in [0.15, 0.2) is 6.10 Å². The van der Waals surface area contributed by atoms with Gasteiger partial charge in [-0.2, -0.15) is 0 Å². The van der Waals surface area contributed by atoms with Gasteiger partial charge in [0, 0.05) is 19.5 Å². The molecular formula is C32H37FN2O3. The molecule has 1 N–H and O–H groups in total. The monoisotopic (exact) mass is 516 g/mol. The van der Waals surface area contributed by atoms with Gasteiger partial charge in [0.2, 0.25) is 5.91 Å². The van der Waals surface area contributed by atoms with Crippen molar-refractivity contribution in [2.24, 2.45) is 5.92 Å². The third-order valence-corrected chi connectivity index (χ3v) is 6.93. The Bertz CT molecular complexity index is 1270. The summed E-state index contributed by atoms with van der Waals surface area (Å²) in [7, 11) is 0. The predicted molar refractivity (Wildman–Crippen MR) is 147 cm³/mol. The number of rotatable bonds is 9. The van der Waals surface area contributed by atoms with Crippen molar-refractivity contribution in [2.45, 2.75) is 65.6 Å². The van der Waals surface area contributed by atoms with E-state index >= 15 is 0 Å². The zero-order valence-electron chi connectivity index (χ0n) is 22.7. The number of carbonyl (C=O) groups is 2. The minimum absolute atomic E-state index is 0.0771. The first-order valence-electron chi connectivity index (χ1n) is 13.4. The van der Waals surface area contributed by atoms with E-state index in [2.05, 4.69) is 5.32 Å². The van der Waals surface area contributed by atoms with Crippen LogP contribution in [0, 0.1) is 18.7 Å². The topological polar surface area (TPSA) is 58.6 Å². The molecule has 6 heteroatoms. The number of benzene rings is 3. The van der Waals surface area contributed by atoms with Crippen LogP contribution in [-0.4, -0.2) is 29.4 Å². The normalized spacial score (nSPS) is 15.6. The van der Waals surface area contributed by atoms with Gasteiger partial charge in [-0.05, 0) is 72.2 Å². The fourth-order valence-corrected chi connectivity index (χ4v) is 5.02. The summed E-state index contributed by atoms with van der Waals surface area (Å²) >= 11 is 0. The molecule has 0 aliphatic carbocycles. The lowest BCUT2D eigenvalue weighted by molar-refractivity contribution is -0.134. The zero-order valence-corrected chi connectivity index (χ0v) is 22.7. The molecule has 1 aliphatic heterocycles. The van der Waals surface area contributed by atoms with Gasteiger partial charge in [-0.3, -0.25) is 9.59 Å². The number of hydrogen-bond donors (Lipinski definition) is 1. The van der Waals surface area contributed by atoms with Crippen LogP contribution in [0.3, 0.4) is 0 Å². The van der Waals surface area contributed by atoms with E-state index < -0.39 is 6.10 Å². The molecule has 0 saturated carbocycles. The predicted octanol–water partition coefficient (Wildman–Crippen LogP) is 6.13. The maximum atomic E-state index is 13.8. The van der Waals surface area contributed by atoms with Crippen LogP contribution >= 0.6 is 0 Å². The summed E-state index contributed by atoms with van der Waals surface area (Å²) < 4.78 is 19.9. The van der Waals surface area contributed by atoms with E-state index in [0.29, 0.717) is 31.7 Å². The van der Waals surface area contributed by atoms with Gasteiger partial charge >= 0.3 is 0 Å². The van der Waals surface area contributed by atoms with Gasteiger partial charge in [-0.1, -0.05) is 68.8 Å². The fourth-order valence-electron chi connectivity index (χ4n) is 5.02. The Balaban J connectivity index is 1.58. The third kappa shape index (κ3) is 6.60. The van der Waals surface area contributed by atoms with Crippen LogP contribution < -0.4 is 10.1 Å². The Morgan fingerprint density at radius 1 is 1.08 bits per heavy atom. The molecule has 2 unspecified atom stereocenters. The number of amides is 2. The van der Waals surface area contributed by atoms with Crippen molar-refractivity contribution in [3.8, 4) is 5.75 Å². The molecule has 0 spiro atoms. The molecule has 0 radical (unpaired) electrons. The molecular weight excluding hydrogens is 479 g/mol. The molecule has 4 rings (SSSR count). The first kappa shape index (κ1) is 27.4. The van der Waals surface area contributed by atoms with E-state index in [4.69, 9.17) is 4.74 Å². The van der Waals surface area contributed by atoms with Crippen molar-refractivity contribution < 1.29 is 18.7 Å². The smallest absolute Gasteiger partial charge is 0.261 e. The van der Waals surface area contributed by atoms with Gasteiger partial charge < -0.3 is 15.0 Å². The molecule has 2 atom stereocenters. The summed E-state index contributed by atoms with van der Waals surface area (Å²) in [5, 5.41) is 2.99. The molecule has 200 valence electrons. The van der Waals surface area contributed by atoms with E-state index in [1.54, 1.807) is 12.1 Å². The first-order valence-corrected chi connectivity index (χ1v) is 13.4. The second-order valence-corrected chi connectivity index (χ2v) is 10.5. The van der Waals surface area contributed by atoms with E-state index in [9.17, 15) is 14.0 Å². The third-order valence-electron chi connectivity index (χ3n) is 6.93. The maximum absolute atomic E-state index is 13.8. The largest absolute Gasteiger partial charge is 0.481 e. The average molecular weight is 517 g/mol. The highest BCUT2D eigenvalue weighted by Crippen LogP contribution is 2.38. The Hall–Kier alpha value is -3.67. The molecule has 2 amide bonds. The number of ether oxygens (including phenoxy) is 1. The first-order chi connectivity index (χ1) is 18.2. The van der Waals surface area contributed by atoms with E-state index in [1.807, 2.05) is 75.1 Å². The van der Waals surface area contributed by atoms with Gasteiger partial charge in [0.05, 0.1) is 6.04 Å². The molecule has 0 saturated heterocycles. The van der Waals surface area contributed by atoms with Crippen molar-refractivity contribution in [1.29, 1.82) is 0 Å². The number of fused-ring (bicyclic) bond motifs is 1. The lowest BCUT2D eigenvalue weighted by Gasteiger charge is -2.38. The summed E-state index contributed by atoms with van der Waals surface area (Å²) in [4.78, 5) is 28.1. The Morgan fingerprint density at radius 2 is 1.84 bits per heavy atom. The van der Waals surface area contributed by atoms with Crippen LogP contribution in [0.4, 0.5) is 4.39 Å². The summed E-state index contributed by atoms with van der Waals surface area (Å²) in [5.74, 6) is 0.399. The van der Waals surface area contributed by atoms with Crippen LogP contribution in [0.1, 0.15) is 67.5 Å². The summed E-state index contributed by atoms with van der Waals surface area (Å²) in [5.41, 5.74) is 5.11. The second-order valence-electron chi connectivity index (χ2n) is 10.5. The molecule has 38 heavy (non-hydrogen) atoms. The van der Waals surface area contributed by atoms with Crippen LogP contribution in [0.15, 0.2) is 66.7 Å². The lowest BCUT2D eigenvalue weighted by Crippen LogP contribution is -2.41. The van der Waals surface area contributed by atoms with Crippen molar-refractivity contribution in [3.05, 3.63) is 100 Å². The van der Waals surface area contributed by atoms with Crippen LogP contribution in [-0.2, 0) is 22.6 Å². The highest BCUT2D eigenvalue weighted by atomic mass is 19.1. The van der Waals surface area contributed by atoms with Gasteiger partial charge in [-0.15, -0.1) is 0 Å². The number of carbonyl (C=O) groups excluding carboxylic acids is 2. The fraction of sp³-hybridized carbons (Fsp3) is 0.375. The molecule has 1 aliphatic rings. The summed E-state index contributed by atoms with van der Waals surface area (Å²) in [6.45, 7) is 9.04. The van der Waals surface area contributed by atoms with Crippen LogP contribution in [0.25, 0.3) is 0 Å². The molecule has 3 aromatic rings. The number of nitrogens with one attached hydrogen (secondary N) is 1. The second kappa shape index (κ2) is 12.2. The van der Waals surface area contributed by atoms with E-state index in [0.717, 1.165) is 34.2 Å². The molecule has 1 heterocycles. The zero-order chi connectivity index (χ0) is 27.2. The molecule has 0 fully saturated rings. The molecule has 5 nitrogen and oxygen atoms in total. The SMILES string of the molecule is CCC(Oc1ccc2c(c1)C(c1ccc(F)cc1)N(C(=O)CC(C)C)CC2)C(=O)NCc1cccc(C)c1. The van der Waals surface area contributed by atoms with Gasteiger partial charge in [0.1, 0.15) is 11.6 Å². The Labute approximate surface area is 225 Å². The number of hydrogen-bond acceptors (Lipinski definition) is 3. The Morgan fingerprint density at radius 3 is 2.53 bits per heavy atom. The molecule has 0 aromatic heterocycles. The summed E-state index contributed by atoms with van der Waals surface area (Å²) in [6, 6.07) is 19.9. The highest BCUT2D eigenvalue weighted by Gasteiger charge is 2.33. The highest BCUT2D eigenvalue weighted by molar-refractivity contribution is 5.81. The van der Waals surface area contributed by atoms with Crippen molar-refractivity contribution in [3.63, 3.8) is 0 Å². The summed E-state index contributed by atoms with van der Waals surface area (Å²) in [6.07, 6.45) is 1.04. The standard InChI is InChI=1S/C32H37FN2O3/c1-5-29(32(37)34-20-23-8-6-7-22(4)18-23)38-27-14-11-24-15-16-35(30(36)17-21(2)3)31(28(24)19-27)25-9-12-26(33)13-10-25/h6-14,18-19,21,29,31H,5,15-17,20H2,1-4H3,(H,34,37). The minimum Gasteiger partial charge on any atom is -0.481 e. The maximum Gasteiger partial charge on any atom is 0.261 e. The number of halogens is 1. The lowest BCUT2D eigenvalue weighted by atomic mass is 9.87. The minimum atomic E-state index is -0.649. The van der Waals surface area contributed by atoms with Crippen LogP contribution in [0.5, 0.6) is 5.75 Å². The van der Waals surface area contributed by atoms with Gasteiger partial charge in [0.25, 0.3) is 5.91 Å². The van der Waals surface area contributed by atoms with Gasteiger partial charge in [-0.25, -0.2) is 4.39 Å². The number of aryl methyl sites for hydroxylation is 1. The van der Waals surface area contributed by atoms with E-state index in [1.165, 1.54) is 12.1 Å². The quantitative estimate of drug-likeness (QED) is 0.372. The van der Waals surface area contributed by atoms with Crippen molar-refractivity contribution >= 4 is 11.8 Å². The van der Waals surface area contributed by atoms with Crippen LogP contribution in [0.2, 0.25) is 0 Å². The van der Waals surface area contributed by atoms with Crippen molar-refractivity contribution in [2.75, 3.05) is 6.54 Å². The number of nitrogens with zero attached hydrogens (tertiary/aromatic N) is 1.